The van der Waals surface area contributed by atoms with Gasteiger partial charge in [0.15, 0.2) is 0 Å². The van der Waals surface area contributed by atoms with Crippen molar-refractivity contribution in [1.29, 1.82) is 0 Å². The number of benzene rings is 8. The third-order valence-electron chi connectivity index (χ3n) is 9.92. The molecule has 0 radical (unpaired) electrons. The number of hydrogen-bond acceptors (Lipinski definition) is 1. The maximum Gasteiger partial charge on any atom is 0.0714 e. The zero-order valence-corrected chi connectivity index (χ0v) is 26.5. The lowest BCUT2D eigenvalue weighted by atomic mass is 9.68. The van der Waals surface area contributed by atoms with E-state index in [1.807, 2.05) is 0 Å². The van der Waals surface area contributed by atoms with Crippen molar-refractivity contribution in [2.24, 2.45) is 0 Å². The van der Waals surface area contributed by atoms with E-state index in [1.165, 1.54) is 55.3 Å². The van der Waals surface area contributed by atoms with Gasteiger partial charge in [0.2, 0.25) is 0 Å². The minimum Gasteiger partial charge on any atom is -0.309 e. The molecule has 1 nitrogen and oxygen atoms in total. The first-order valence-electron chi connectivity index (χ1n) is 16.6. The van der Waals surface area contributed by atoms with Crippen LogP contribution in [0.4, 0.5) is 17.1 Å². The van der Waals surface area contributed by atoms with Crippen molar-refractivity contribution in [3.05, 3.63) is 222 Å². The molecule has 1 heteroatoms. The van der Waals surface area contributed by atoms with Crippen LogP contribution < -0.4 is 4.90 Å². The number of fused-ring (bicyclic) bond motifs is 4. The van der Waals surface area contributed by atoms with Gasteiger partial charge in [-0.1, -0.05) is 176 Å². The molecular formula is C47H33N. The third kappa shape index (κ3) is 4.32. The van der Waals surface area contributed by atoms with Crippen LogP contribution >= 0.6 is 0 Å². The first kappa shape index (κ1) is 28.1. The topological polar surface area (TPSA) is 3.24 Å². The average molecular weight is 612 g/mol. The lowest BCUT2D eigenvalue weighted by molar-refractivity contribution is 0.768. The van der Waals surface area contributed by atoms with E-state index in [0.29, 0.717) is 0 Å². The van der Waals surface area contributed by atoms with Crippen LogP contribution in [-0.2, 0) is 5.41 Å². The monoisotopic (exact) mass is 611 g/mol. The highest BCUT2D eigenvalue weighted by Gasteiger charge is 2.47. The molecule has 0 saturated carbocycles. The fourth-order valence-corrected chi connectivity index (χ4v) is 7.93. The van der Waals surface area contributed by atoms with E-state index in [4.69, 9.17) is 0 Å². The largest absolute Gasteiger partial charge is 0.309 e. The summed E-state index contributed by atoms with van der Waals surface area (Å²) < 4.78 is 0. The van der Waals surface area contributed by atoms with E-state index in [-0.39, 0.29) is 0 Å². The Bertz CT molecular complexity index is 2350. The van der Waals surface area contributed by atoms with Gasteiger partial charge in [-0.15, -0.1) is 0 Å². The van der Waals surface area contributed by atoms with E-state index < -0.39 is 5.41 Å². The van der Waals surface area contributed by atoms with Gasteiger partial charge in [-0.3, -0.25) is 0 Å². The fourth-order valence-electron chi connectivity index (χ4n) is 7.93. The summed E-state index contributed by atoms with van der Waals surface area (Å²) in [4.78, 5) is 2.48. The van der Waals surface area contributed by atoms with Crippen LogP contribution in [-0.4, -0.2) is 0 Å². The first-order valence-corrected chi connectivity index (χ1v) is 16.6. The number of rotatable bonds is 6. The van der Waals surface area contributed by atoms with Gasteiger partial charge < -0.3 is 4.90 Å². The molecule has 0 aliphatic heterocycles. The van der Waals surface area contributed by atoms with Crippen LogP contribution in [0, 0.1) is 0 Å². The van der Waals surface area contributed by atoms with E-state index in [1.54, 1.807) is 0 Å². The van der Waals surface area contributed by atoms with Gasteiger partial charge in [-0.25, -0.2) is 0 Å². The number of nitrogens with zero attached hydrogens (tertiary/aromatic N) is 1. The second-order valence-corrected chi connectivity index (χ2v) is 12.5. The minimum absolute atomic E-state index is 0.471. The first-order chi connectivity index (χ1) is 23.8. The SMILES string of the molecule is c1ccc(-c2cccc(N(c3cccc4c3-c3ccccc3C4(c3ccccc3)c3ccccc3)c3cccc4ccccc34)c2)cc1. The molecule has 0 atom stereocenters. The molecule has 0 unspecified atom stereocenters. The van der Waals surface area contributed by atoms with Crippen molar-refractivity contribution >= 4 is 27.8 Å². The molecule has 0 fully saturated rings. The molecule has 8 aromatic rings. The zero-order valence-electron chi connectivity index (χ0n) is 26.5. The van der Waals surface area contributed by atoms with Crippen molar-refractivity contribution in [2.75, 3.05) is 4.90 Å². The molecule has 9 rings (SSSR count). The Morgan fingerprint density at radius 3 is 1.69 bits per heavy atom. The lowest BCUT2D eigenvalue weighted by Gasteiger charge is -2.34. The summed E-state index contributed by atoms with van der Waals surface area (Å²) in [6.07, 6.45) is 0. The summed E-state index contributed by atoms with van der Waals surface area (Å²) in [6, 6.07) is 73.0. The van der Waals surface area contributed by atoms with Crippen molar-refractivity contribution in [3.63, 3.8) is 0 Å². The van der Waals surface area contributed by atoms with Gasteiger partial charge in [0.1, 0.15) is 0 Å². The van der Waals surface area contributed by atoms with E-state index in [2.05, 4.69) is 205 Å². The Morgan fingerprint density at radius 1 is 0.375 bits per heavy atom. The maximum atomic E-state index is 2.48. The summed E-state index contributed by atoms with van der Waals surface area (Å²) in [5, 5.41) is 2.43. The van der Waals surface area contributed by atoms with E-state index in [0.717, 1.165) is 17.1 Å². The lowest BCUT2D eigenvalue weighted by Crippen LogP contribution is -2.28. The smallest absolute Gasteiger partial charge is 0.0714 e. The van der Waals surface area contributed by atoms with Gasteiger partial charge in [0.05, 0.1) is 16.8 Å². The quantitative estimate of drug-likeness (QED) is 0.181. The van der Waals surface area contributed by atoms with Crippen molar-refractivity contribution < 1.29 is 0 Å². The third-order valence-corrected chi connectivity index (χ3v) is 9.92. The fraction of sp³-hybridized carbons (Fsp3) is 0.0213. The molecule has 48 heavy (non-hydrogen) atoms. The summed E-state index contributed by atoms with van der Waals surface area (Å²) in [5.41, 5.74) is 13.0. The Balaban J connectivity index is 1.39. The van der Waals surface area contributed by atoms with Crippen LogP contribution in [0.1, 0.15) is 22.3 Å². The summed E-state index contributed by atoms with van der Waals surface area (Å²) >= 11 is 0. The normalized spacial score (nSPS) is 12.8. The van der Waals surface area contributed by atoms with Crippen LogP contribution in [0.15, 0.2) is 200 Å². The molecule has 1 aliphatic rings. The van der Waals surface area contributed by atoms with Gasteiger partial charge in [0.25, 0.3) is 0 Å². The second kappa shape index (κ2) is 11.6. The molecule has 0 saturated heterocycles. The Hall–Kier alpha value is -6.18. The van der Waals surface area contributed by atoms with Gasteiger partial charge >= 0.3 is 0 Å². The molecule has 0 heterocycles. The highest BCUT2D eigenvalue weighted by molar-refractivity contribution is 6.03. The predicted molar refractivity (Wildman–Crippen MR) is 201 cm³/mol. The molecule has 0 aromatic heterocycles. The minimum atomic E-state index is -0.471. The average Bonchev–Trinajstić information content (AvgIpc) is 3.48. The van der Waals surface area contributed by atoms with Crippen molar-refractivity contribution in [2.45, 2.75) is 5.41 Å². The number of anilines is 3. The molecule has 0 amide bonds. The standard InChI is InChI=1S/C47H33N/c1-4-17-34(18-5-1)36-21-14-26-39(33-36)48(44-31-15-20-35-19-10-11-27-40(35)44)45-32-16-30-43-46(45)41-28-12-13-29-42(41)47(43,37-22-6-2-7-23-37)38-24-8-3-9-25-38/h1-33H. The summed E-state index contributed by atoms with van der Waals surface area (Å²) in [6.45, 7) is 0. The highest BCUT2D eigenvalue weighted by Crippen LogP contribution is 2.59. The molecule has 8 aromatic carbocycles. The second-order valence-electron chi connectivity index (χ2n) is 12.5. The van der Waals surface area contributed by atoms with Crippen molar-refractivity contribution in [1.82, 2.24) is 0 Å². The Labute approximate surface area is 282 Å². The summed E-state index contributed by atoms with van der Waals surface area (Å²) in [5.74, 6) is 0. The van der Waals surface area contributed by atoms with Gasteiger partial charge in [-0.2, -0.15) is 0 Å². The Morgan fingerprint density at radius 2 is 0.917 bits per heavy atom. The highest BCUT2D eigenvalue weighted by atomic mass is 15.1. The van der Waals surface area contributed by atoms with Gasteiger partial charge in [0, 0.05) is 16.6 Å². The van der Waals surface area contributed by atoms with E-state index >= 15 is 0 Å². The molecule has 0 bridgehead atoms. The Kier molecular flexibility index (Phi) is 6.76. The summed E-state index contributed by atoms with van der Waals surface area (Å²) in [7, 11) is 0. The molecule has 1 aliphatic carbocycles. The zero-order chi connectivity index (χ0) is 31.9. The molecule has 226 valence electrons. The van der Waals surface area contributed by atoms with Crippen molar-refractivity contribution in [3.8, 4) is 22.3 Å². The van der Waals surface area contributed by atoms with E-state index in [9.17, 15) is 0 Å². The van der Waals surface area contributed by atoms with Gasteiger partial charge in [-0.05, 0) is 68.6 Å². The van der Waals surface area contributed by atoms with Crippen LogP contribution in [0.5, 0.6) is 0 Å². The van der Waals surface area contributed by atoms with Crippen LogP contribution in [0.2, 0.25) is 0 Å². The van der Waals surface area contributed by atoms with Crippen LogP contribution in [0.3, 0.4) is 0 Å². The van der Waals surface area contributed by atoms with Crippen LogP contribution in [0.25, 0.3) is 33.0 Å². The number of hydrogen-bond donors (Lipinski definition) is 0. The maximum absolute atomic E-state index is 2.48. The molecular weight excluding hydrogens is 579 g/mol. The molecule has 0 N–H and O–H groups in total. The molecule has 0 spiro atoms. The predicted octanol–water partition coefficient (Wildman–Crippen LogP) is 12.3.